The fraction of sp³-hybridized carbons (Fsp3) is 0.438. The molecule has 2 aromatic rings. The third-order valence-corrected chi connectivity index (χ3v) is 3.29. The predicted octanol–water partition coefficient (Wildman–Crippen LogP) is 3.73. The zero-order valence-corrected chi connectivity index (χ0v) is 11.4. The summed E-state index contributed by atoms with van der Waals surface area (Å²) in [7, 11) is 2.06. The van der Waals surface area contributed by atoms with Crippen molar-refractivity contribution in [2.75, 3.05) is 0 Å². The number of ketones is 1. The van der Waals surface area contributed by atoms with Crippen molar-refractivity contribution >= 4 is 16.7 Å². The van der Waals surface area contributed by atoms with Gasteiger partial charge in [0.05, 0.1) is 0 Å². The van der Waals surface area contributed by atoms with Crippen molar-refractivity contribution in [2.45, 2.75) is 33.1 Å². The quantitative estimate of drug-likeness (QED) is 0.784. The number of carbonyl (C=O) groups excluding carboxylic acids is 1. The van der Waals surface area contributed by atoms with Crippen LogP contribution in [0.5, 0.6) is 0 Å². The van der Waals surface area contributed by atoms with Crippen LogP contribution >= 0.6 is 0 Å². The molecule has 0 saturated heterocycles. The van der Waals surface area contributed by atoms with Crippen LogP contribution in [0, 0.1) is 5.92 Å². The van der Waals surface area contributed by atoms with Crippen molar-refractivity contribution in [1.82, 2.24) is 4.57 Å². The molecule has 0 spiro atoms. The van der Waals surface area contributed by atoms with Crippen molar-refractivity contribution in [3.8, 4) is 0 Å². The van der Waals surface area contributed by atoms with Crippen LogP contribution in [-0.4, -0.2) is 10.4 Å². The minimum atomic E-state index is 0.373. The van der Waals surface area contributed by atoms with Crippen LogP contribution in [0.4, 0.5) is 0 Å². The summed E-state index contributed by atoms with van der Waals surface area (Å²) < 4.78 is 2.14. The van der Waals surface area contributed by atoms with E-state index in [9.17, 15) is 4.79 Å². The van der Waals surface area contributed by atoms with E-state index >= 15 is 0 Å². The number of hydrogen-bond acceptors (Lipinski definition) is 1. The predicted molar refractivity (Wildman–Crippen MR) is 75.7 cm³/mol. The minimum Gasteiger partial charge on any atom is -0.350 e. The maximum Gasteiger partial charge on any atom is 0.133 e. The van der Waals surface area contributed by atoms with Gasteiger partial charge >= 0.3 is 0 Å². The Labute approximate surface area is 109 Å². The Morgan fingerprint density at radius 3 is 2.72 bits per heavy atom. The van der Waals surface area contributed by atoms with Gasteiger partial charge in [0.1, 0.15) is 5.78 Å². The molecule has 1 heterocycles. The van der Waals surface area contributed by atoms with E-state index in [-0.39, 0.29) is 0 Å². The van der Waals surface area contributed by atoms with Gasteiger partial charge in [-0.2, -0.15) is 0 Å². The molecule has 1 aromatic heterocycles. The Kier molecular flexibility index (Phi) is 3.85. The molecule has 1 aromatic carbocycles. The first kappa shape index (κ1) is 12.9. The van der Waals surface area contributed by atoms with Gasteiger partial charge in [0.25, 0.3) is 0 Å². The SMILES string of the molecule is CC(C)CC(=O)CCc1cn(C)c2ccccc12. The van der Waals surface area contributed by atoms with Gasteiger partial charge in [0.15, 0.2) is 0 Å². The second-order valence-electron chi connectivity index (χ2n) is 5.42. The Morgan fingerprint density at radius 2 is 2.00 bits per heavy atom. The molecule has 18 heavy (non-hydrogen) atoms. The van der Waals surface area contributed by atoms with Crippen molar-refractivity contribution in [1.29, 1.82) is 0 Å². The van der Waals surface area contributed by atoms with Crippen LogP contribution in [0.25, 0.3) is 10.9 Å². The van der Waals surface area contributed by atoms with Crippen LogP contribution in [-0.2, 0) is 18.3 Å². The van der Waals surface area contributed by atoms with E-state index in [0.717, 1.165) is 6.42 Å². The molecule has 2 rings (SSSR count). The number of benzene rings is 1. The zero-order valence-electron chi connectivity index (χ0n) is 11.4. The highest BCUT2D eigenvalue weighted by Crippen LogP contribution is 2.21. The van der Waals surface area contributed by atoms with Gasteiger partial charge in [0, 0.05) is 37.0 Å². The standard InChI is InChI=1S/C16H21NO/c1-12(2)10-14(18)9-8-13-11-17(3)16-7-5-4-6-15(13)16/h4-7,11-12H,8-10H2,1-3H3. The highest BCUT2D eigenvalue weighted by Gasteiger charge is 2.09. The molecule has 2 heteroatoms. The Morgan fingerprint density at radius 1 is 1.28 bits per heavy atom. The number of carbonyl (C=O) groups is 1. The molecule has 0 N–H and O–H groups in total. The lowest BCUT2D eigenvalue weighted by atomic mass is 10.0. The Balaban J connectivity index is 2.10. The van der Waals surface area contributed by atoms with E-state index in [4.69, 9.17) is 0 Å². The summed E-state index contributed by atoms with van der Waals surface area (Å²) in [4.78, 5) is 11.8. The number of para-hydroxylation sites is 1. The minimum absolute atomic E-state index is 0.373. The van der Waals surface area contributed by atoms with Crippen LogP contribution in [0.15, 0.2) is 30.5 Å². The topological polar surface area (TPSA) is 22.0 Å². The average molecular weight is 243 g/mol. The van der Waals surface area contributed by atoms with Gasteiger partial charge in [-0.05, 0) is 24.0 Å². The lowest BCUT2D eigenvalue weighted by Crippen LogP contribution is -2.03. The molecule has 0 aliphatic heterocycles. The van der Waals surface area contributed by atoms with E-state index in [1.165, 1.54) is 16.5 Å². The molecule has 0 saturated carbocycles. The number of fused-ring (bicyclic) bond motifs is 1. The van der Waals surface area contributed by atoms with Crippen LogP contribution in [0.1, 0.15) is 32.3 Å². The van der Waals surface area contributed by atoms with E-state index < -0.39 is 0 Å². The fourth-order valence-electron chi connectivity index (χ4n) is 2.46. The monoisotopic (exact) mass is 243 g/mol. The number of hydrogen-bond donors (Lipinski definition) is 0. The van der Waals surface area contributed by atoms with Crippen molar-refractivity contribution < 1.29 is 4.79 Å². The summed E-state index contributed by atoms with van der Waals surface area (Å²) in [5.41, 5.74) is 2.52. The van der Waals surface area contributed by atoms with Crippen molar-refractivity contribution in [3.05, 3.63) is 36.0 Å². The highest BCUT2D eigenvalue weighted by atomic mass is 16.1. The first-order valence-corrected chi connectivity index (χ1v) is 6.62. The fourth-order valence-corrected chi connectivity index (χ4v) is 2.46. The molecule has 0 aliphatic carbocycles. The van der Waals surface area contributed by atoms with Crippen molar-refractivity contribution in [2.24, 2.45) is 13.0 Å². The normalized spacial score (nSPS) is 11.3. The third-order valence-electron chi connectivity index (χ3n) is 3.29. The van der Waals surface area contributed by atoms with E-state index in [2.05, 4.69) is 55.9 Å². The molecular formula is C16H21NO. The van der Waals surface area contributed by atoms with Gasteiger partial charge in [0.2, 0.25) is 0 Å². The van der Waals surface area contributed by atoms with Crippen LogP contribution in [0.3, 0.4) is 0 Å². The summed E-state index contributed by atoms with van der Waals surface area (Å²) >= 11 is 0. The van der Waals surface area contributed by atoms with Gasteiger partial charge in [-0.1, -0.05) is 32.0 Å². The molecule has 0 radical (unpaired) electrons. The summed E-state index contributed by atoms with van der Waals surface area (Å²) in [6.45, 7) is 4.19. The lowest BCUT2D eigenvalue weighted by Gasteiger charge is -2.03. The molecular weight excluding hydrogens is 222 g/mol. The first-order valence-electron chi connectivity index (χ1n) is 6.62. The number of aryl methyl sites for hydroxylation is 2. The number of rotatable bonds is 5. The summed E-state index contributed by atoms with van der Waals surface area (Å²) in [6, 6.07) is 8.37. The molecule has 0 fully saturated rings. The molecule has 0 unspecified atom stereocenters. The second-order valence-corrected chi connectivity index (χ2v) is 5.42. The maximum atomic E-state index is 11.8. The Hall–Kier alpha value is -1.57. The molecule has 0 aliphatic rings. The second kappa shape index (κ2) is 5.38. The molecule has 2 nitrogen and oxygen atoms in total. The zero-order chi connectivity index (χ0) is 13.1. The molecule has 0 amide bonds. The maximum absolute atomic E-state index is 11.8. The van der Waals surface area contributed by atoms with E-state index in [1.807, 2.05) is 0 Å². The van der Waals surface area contributed by atoms with E-state index in [0.29, 0.717) is 24.5 Å². The molecule has 96 valence electrons. The third kappa shape index (κ3) is 2.81. The lowest BCUT2D eigenvalue weighted by molar-refractivity contribution is -0.119. The first-order chi connectivity index (χ1) is 8.58. The summed E-state index contributed by atoms with van der Waals surface area (Å²) in [5.74, 6) is 0.836. The average Bonchev–Trinajstić information content (AvgIpc) is 2.64. The smallest absolute Gasteiger partial charge is 0.133 e. The van der Waals surface area contributed by atoms with Gasteiger partial charge in [-0.25, -0.2) is 0 Å². The highest BCUT2D eigenvalue weighted by molar-refractivity contribution is 5.85. The van der Waals surface area contributed by atoms with Crippen LogP contribution in [0.2, 0.25) is 0 Å². The van der Waals surface area contributed by atoms with Crippen molar-refractivity contribution in [3.63, 3.8) is 0 Å². The Bertz CT molecular complexity index is 551. The van der Waals surface area contributed by atoms with Crippen LogP contribution < -0.4 is 0 Å². The number of Topliss-reactive ketones (excluding diaryl/α,β-unsaturated/α-hetero) is 1. The number of nitrogens with zero attached hydrogens (tertiary/aromatic N) is 1. The number of aromatic nitrogens is 1. The van der Waals surface area contributed by atoms with E-state index in [1.54, 1.807) is 0 Å². The van der Waals surface area contributed by atoms with Gasteiger partial charge in [-0.3, -0.25) is 4.79 Å². The summed E-state index contributed by atoms with van der Waals surface area (Å²) in [6.07, 6.45) is 4.36. The van der Waals surface area contributed by atoms with Gasteiger partial charge in [-0.15, -0.1) is 0 Å². The molecule has 0 bridgehead atoms. The summed E-state index contributed by atoms with van der Waals surface area (Å²) in [5, 5.41) is 1.28. The largest absolute Gasteiger partial charge is 0.350 e. The van der Waals surface area contributed by atoms with Gasteiger partial charge < -0.3 is 4.57 Å². The molecule has 0 atom stereocenters.